The Bertz CT molecular complexity index is 1180. The van der Waals surface area contributed by atoms with Crippen LogP contribution in [0.4, 0.5) is 5.69 Å². The fourth-order valence-electron chi connectivity index (χ4n) is 3.50. The molecule has 0 atom stereocenters. The number of amides is 1. The number of anilines is 1. The second kappa shape index (κ2) is 9.70. The molecule has 1 heterocycles. The molecule has 1 amide bonds. The Balaban J connectivity index is 1.40. The summed E-state index contributed by atoms with van der Waals surface area (Å²) in [6.07, 6.45) is 0.948. The summed E-state index contributed by atoms with van der Waals surface area (Å²) in [5.41, 5.74) is 3.69. The smallest absolute Gasteiger partial charge is 0.228 e. The second-order valence-corrected chi connectivity index (χ2v) is 8.32. The van der Waals surface area contributed by atoms with Gasteiger partial charge in [0, 0.05) is 12.1 Å². The second-order valence-electron chi connectivity index (χ2n) is 7.21. The highest BCUT2D eigenvalue weighted by molar-refractivity contribution is 7.18. The van der Waals surface area contributed by atoms with E-state index < -0.39 is 0 Å². The molecule has 1 N–H and O–H groups in total. The molecule has 0 aliphatic rings. The van der Waals surface area contributed by atoms with Gasteiger partial charge in [-0.05, 0) is 47.5 Å². The van der Waals surface area contributed by atoms with E-state index in [1.807, 2.05) is 42.5 Å². The van der Waals surface area contributed by atoms with Gasteiger partial charge in [-0.25, -0.2) is 4.98 Å². The number of nitrogens with zero attached hydrogens (tertiary/aromatic N) is 1. The minimum Gasteiger partial charge on any atom is -0.493 e. The molecule has 32 heavy (non-hydrogen) atoms. The maximum absolute atomic E-state index is 12.6. The van der Waals surface area contributed by atoms with E-state index in [4.69, 9.17) is 14.2 Å². The lowest BCUT2D eigenvalue weighted by molar-refractivity contribution is -0.115. The standard InChI is InChI=1S/C25H24N2O4S/c1-29-20-12-17(13-21(30-2)25(20)31-3)14-23(28)26-18-10-8-16(9-11-18)15-24-27-19-6-4-5-7-22(19)32-24/h4-13H,14-15H2,1-3H3,(H,26,28). The molecule has 164 valence electrons. The molecule has 4 rings (SSSR count). The summed E-state index contributed by atoms with van der Waals surface area (Å²) in [7, 11) is 4.65. The highest BCUT2D eigenvalue weighted by Gasteiger charge is 2.15. The predicted octanol–water partition coefficient (Wildman–Crippen LogP) is 5.09. The van der Waals surface area contributed by atoms with E-state index in [0.29, 0.717) is 17.2 Å². The minimum atomic E-state index is -0.127. The van der Waals surface area contributed by atoms with Crippen LogP contribution in [-0.2, 0) is 17.6 Å². The van der Waals surface area contributed by atoms with Gasteiger partial charge < -0.3 is 19.5 Å². The molecule has 1 aromatic heterocycles. The van der Waals surface area contributed by atoms with Crippen LogP contribution in [0.3, 0.4) is 0 Å². The molecule has 0 spiro atoms. The van der Waals surface area contributed by atoms with Gasteiger partial charge in [-0.1, -0.05) is 24.3 Å². The lowest BCUT2D eigenvalue weighted by Gasteiger charge is -2.14. The summed E-state index contributed by atoms with van der Waals surface area (Å²) < 4.78 is 17.2. The van der Waals surface area contributed by atoms with E-state index in [9.17, 15) is 4.79 Å². The molecule has 0 radical (unpaired) electrons. The van der Waals surface area contributed by atoms with Crippen LogP contribution in [0.5, 0.6) is 17.2 Å². The van der Waals surface area contributed by atoms with Crippen molar-refractivity contribution in [2.45, 2.75) is 12.8 Å². The first-order chi connectivity index (χ1) is 15.6. The van der Waals surface area contributed by atoms with Gasteiger partial charge in [0.05, 0.1) is 43.0 Å². The largest absolute Gasteiger partial charge is 0.493 e. The fraction of sp³-hybridized carbons (Fsp3) is 0.200. The van der Waals surface area contributed by atoms with Crippen LogP contribution >= 0.6 is 11.3 Å². The van der Waals surface area contributed by atoms with E-state index in [1.54, 1.807) is 44.8 Å². The highest BCUT2D eigenvalue weighted by atomic mass is 32.1. The number of rotatable bonds is 8. The molecular weight excluding hydrogens is 424 g/mol. The van der Waals surface area contributed by atoms with Crippen molar-refractivity contribution in [2.24, 2.45) is 0 Å². The zero-order valence-electron chi connectivity index (χ0n) is 18.2. The number of aromatic nitrogens is 1. The Kier molecular flexibility index (Phi) is 6.56. The molecule has 0 saturated heterocycles. The monoisotopic (exact) mass is 448 g/mol. The lowest BCUT2D eigenvalue weighted by atomic mass is 10.1. The Morgan fingerprint density at radius 1 is 0.906 bits per heavy atom. The SMILES string of the molecule is COc1cc(CC(=O)Nc2ccc(Cc3nc4ccccc4s3)cc2)cc(OC)c1OC. The zero-order valence-corrected chi connectivity index (χ0v) is 19.0. The summed E-state index contributed by atoms with van der Waals surface area (Å²) >= 11 is 1.71. The topological polar surface area (TPSA) is 69.7 Å². The number of hydrogen-bond donors (Lipinski definition) is 1. The summed E-state index contributed by atoms with van der Waals surface area (Å²) in [5.74, 6) is 1.42. The van der Waals surface area contributed by atoms with Crippen molar-refractivity contribution in [2.75, 3.05) is 26.6 Å². The number of methoxy groups -OCH3 is 3. The highest BCUT2D eigenvalue weighted by Crippen LogP contribution is 2.38. The maximum atomic E-state index is 12.6. The Hall–Kier alpha value is -3.58. The van der Waals surface area contributed by atoms with Crippen molar-refractivity contribution in [1.82, 2.24) is 4.98 Å². The third-order valence-corrected chi connectivity index (χ3v) is 6.06. The molecule has 4 aromatic rings. The van der Waals surface area contributed by atoms with Crippen LogP contribution < -0.4 is 19.5 Å². The van der Waals surface area contributed by atoms with E-state index in [-0.39, 0.29) is 12.3 Å². The number of para-hydroxylation sites is 1. The van der Waals surface area contributed by atoms with Gasteiger partial charge in [0.15, 0.2) is 11.5 Å². The van der Waals surface area contributed by atoms with E-state index in [1.165, 1.54) is 4.70 Å². The van der Waals surface area contributed by atoms with E-state index in [0.717, 1.165) is 33.8 Å². The van der Waals surface area contributed by atoms with Crippen LogP contribution in [0.15, 0.2) is 60.7 Å². The van der Waals surface area contributed by atoms with Crippen LogP contribution in [0, 0.1) is 0 Å². The first-order valence-corrected chi connectivity index (χ1v) is 10.9. The molecular formula is C25H24N2O4S. The van der Waals surface area contributed by atoms with Gasteiger partial charge in [0.25, 0.3) is 0 Å². The molecule has 0 bridgehead atoms. The summed E-state index contributed by atoms with van der Waals surface area (Å²) in [4.78, 5) is 17.3. The molecule has 0 saturated carbocycles. The van der Waals surface area contributed by atoms with Gasteiger partial charge in [-0.3, -0.25) is 4.79 Å². The van der Waals surface area contributed by atoms with Crippen molar-refractivity contribution in [3.8, 4) is 17.2 Å². The first-order valence-electron chi connectivity index (χ1n) is 10.1. The third kappa shape index (κ3) is 4.84. The van der Waals surface area contributed by atoms with Gasteiger partial charge in [0.1, 0.15) is 0 Å². The number of ether oxygens (including phenoxy) is 3. The van der Waals surface area contributed by atoms with Gasteiger partial charge in [-0.2, -0.15) is 0 Å². The summed E-state index contributed by atoms with van der Waals surface area (Å²) in [5, 5.41) is 4.02. The normalized spacial score (nSPS) is 10.7. The van der Waals surface area contributed by atoms with Crippen LogP contribution in [-0.4, -0.2) is 32.2 Å². The molecule has 3 aromatic carbocycles. The van der Waals surface area contributed by atoms with Crippen LogP contribution in [0.25, 0.3) is 10.2 Å². The van der Waals surface area contributed by atoms with Crippen molar-refractivity contribution >= 4 is 33.1 Å². The first kappa shape index (κ1) is 21.6. The number of hydrogen-bond acceptors (Lipinski definition) is 6. The van der Waals surface area contributed by atoms with Crippen molar-refractivity contribution in [1.29, 1.82) is 0 Å². The number of carbonyl (C=O) groups is 1. The molecule has 0 fully saturated rings. The lowest BCUT2D eigenvalue weighted by Crippen LogP contribution is -2.14. The molecule has 6 nitrogen and oxygen atoms in total. The Labute approximate surface area is 190 Å². The number of nitrogens with one attached hydrogen (secondary N) is 1. The zero-order chi connectivity index (χ0) is 22.5. The van der Waals surface area contributed by atoms with Gasteiger partial charge in [-0.15, -0.1) is 11.3 Å². The van der Waals surface area contributed by atoms with Crippen molar-refractivity contribution < 1.29 is 19.0 Å². The fourth-order valence-corrected chi connectivity index (χ4v) is 4.51. The van der Waals surface area contributed by atoms with E-state index in [2.05, 4.69) is 16.4 Å². The third-order valence-electron chi connectivity index (χ3n) is 5.02. The molecule has 0 aliphatic heterocycles. The Morgan fingerprint density at radius 2 is 1.59 bits per heavy atom. The molecule has 0 aliphatic carbocycles. The summed E-state index contributed by atoms with van der Waals surface area (Å²) in [6.45, 7) is 0. The number of carbonyl (C=O) groups excluding carboxylic acids is 1. The maximum Gasteiger partial charge on any atom is 0.228 e. The predicted molar refractivity (Wildman–Crippen MR) is 127 cm³/mol. The minimum absolute atomic E-state index is 0.127. The molecule has 7 heteroatoms. The van der Waals surface area contributed by atoms with Crippen molar-refractivity contribution in [3.05, 3.63) is 76.8 Å². The molecule has 0 unspecified atom stereocenters. The summed E-state index contributed by atoms with van der Waals surface area (Å²) in [6, 6.07) is 19.6. The number of benzene rings is 3. The van der Waals surface area contributed by atoms with E-state index >= 15 is 0 Å². The van der Waals surface area contributed by atoms with Gasteiger partial charge >= 0.3 is 0 Å². The van der Waals surface area contributed by atoms with Crippen molar-refractivity contribution in [3.63, 3.8) is 0 Å². The average molecular weight is 449 g/mol. The number of thiazole rings is 1. The van der Waals surface area contributed by atoms with Gasteiger partial charge in [0.2, 0.25) is 11.7 Å². The number of fused-ring (bicyclic) bond motifs is 1. The van der Waals surface area contributed by atoms with Crippen LogP contribution in [0.2, 0.25) is 0 Å². The quantitative estimate of drug-likeness (QED) is 0.406. The Morgan fingerprint density at radius 3 is 2.22 bits per heavy atom. The van der Waals surface area contributed by atoms with Crippen LogP contribution in [0.1, 0.15) is 16.1 Å². The average Bonchev–Trinajstić information content (AvgIpc) is 3.22.